The van der Waals surface area contributed by atoms with Crippen molar-refractivity contribution in [2.45, 2.75) is 61.9 Å². The summed E-state index contributed by atoms with van der Waals surface area (Å²) in [6, 6.07) is 0. The Hall–Kier alpha value is -1.81. The largest absolute Gasteiger partial charge is 0.505 e. The molecule has 8 N–H and O–H groups in total. The van der Waals surface area contributed by atoms with Crippen LogP contribution in [-0.2, 0) is 23.7 Å². The minimum Gasteiger partial charge on any atom is -0.505 e. The van der Waals surface area contributed by atoms with Crippen LogP contribution < -0.4 is 0 Å². The number of aliphatic hydroxyl groups excluding tert-OH is 8. The van der Waals surface area contributed by atoms with Crippen LogP contribution in [0.2, 0.25) is 0 Å². The molecule has 2 aliphatic rings. The van der Waals surface area contributed by atoms with Crippen molar-refractivity contribution in [3.05, 3.63) is 23.7 Å². The van der Waals surface area contributed by atoms with Gasteiger partial charge in [-0.1, -0.05) is 12.2 Å². The average molecular weight is 466 g/mol. The number of carbonyl (C=O) groups excluding carboxylic acids is 1. The van der Waals surface area contributed by atoms with Gasteiger partial charge >= 0.3 is 5.97 Å². The number of carbonyl (C=O) groups is 1. The fourth-order valence-corrected chi connectivity index (χ4v) is 3.33. The fourth-order valence-electron chi connectivity index (χ4n) is 3.33. The molecule has 0 bridgehead atoms. The first-order valence-electron chi connectivity index (χ1n) is 9.93. The van der Waals surface area contributed by atoms with Gasteiger partial charge in [-0.25, -0.2) is 4.79 Å². The lowest BCUT2D eigenvalue weighted by Gasteiger charge is -2.39. The fraction of sp³-hybridized carbons (Fsp3) is 0.737. The molecule has 1 fully saturated rings. The Morgan fingerprint density at radius 1 is 1.16 bits per heavy atom. The minimum atomic E-state index is -2.25. The first kappa shape index (κ1) is 26.4. The second-order valence-electron chi connectivity index (χ2n) is 7.43. The number of allylic oxidation sites excluding steroid dienone is 1. The molecule has 0 aliphatic carbocycles. The van der Waals surface area contributed by atoms with Crippen LogP contribution in [0.1, 0.15) is 13.3 Å². The van der Waals surface area contributed by atoms with Crippen molar-refractivity contribution in [1.82, 2.24) is 0 Å². The van der Waals surface area contributed by atoms with Gasteiger partial charge in [0.2, 0.25) is 17.7 Å². The van der Waals surface area contributed by atoms with E-state index < -0.39 is 92.2 Å². The van der Waals surface area contributed by atoms with E-state index in [4.69, 9.17) is 18.9 Å². The Morgan fingerprint density at radius 2 is 1.84 bits per heavy atom. The van der Waals surface area contributed by atoms with Crippen LogP contribution in [0.25, 0.3) is 0 Å². The van der Waals surface area contributed by atoms with Crippen molar-refractivity contribution in [2.75, 3.05) is 26.4 Å². The molecule has 2 rings (SSSR count). The number of esters is 1. The molecule has 1 saturated heterocycles. The Labute approximate surface area is 183 Å². The summed E-state index contributed by atoms with van der Waals surface area (Å²) in [4.78, 5) is 12.5. The summed E-state index contributed by atoms with van der Waals surface area (Å²) in [5.74, 6) is -3.15. The van der Waals surface area contributed by atoms with Crippen molar-refractivity contribution in [3.8, 4) is 0 Å². The normalized spacial score (nSPS) is 35.2. The smallest absolute Gasteiger partial charge is 0.378 e. The van der Waals surface area contributed by atoms with Gasteiger partial charge in [0.25, 0.3) is 0 Å². The Morgan fingerprint density at radius 3 is 2.44 bits per heavy atom. The van der Waals surface area contributed by atoms with E-state index in [0.29, 0.717) is 0 Å². The molecule has 0 radical (unpaired) electrons. The number of cyclic esters (lactones) is 1. The molecule has 0 aromatic heterocycles. The van der Waals surface area contributed by atoms with Gasteiger partial charge in [0.1, 0.15) is 30.5 Å². The summed E-state index contributed by atoms with van der Waals surface area (Å²) in [7, 11) is 0. The molecule has 0 saturated carbocycles. The molecule has 0 aromatic rings. The van der Waals surface area contributed by atoms with Gasteiger partial charge in [0.15, 0.2) is 5.76 Å². The summed E-state index contributed by atoms with van der Waals surface area (Å²) >= 11 is 0. The highest BCUT2D eigenvalue weighted by molar-refractivity contribution is 5.90. The highest BCUT2D eigenvalue weighted by atomic mass is 16.7. The van der Waals surface area contributed by atoms with Gasteiger partial charge in [0, 0.05) is 6.42 Å². The quantitative estimate of drug-likeness (QED) is 0.0846. The Bertz CT molecular complexity index is 693. The third-order valence-electron chi connectivity index (χ3n) is 5.17. The first-order chi connectivity index (χ1) is 15.1. The van der Waals surface area contributed by atoms with Crippen molar-refractivity contribution < 1.29 is 64.6 Å². The number of hydrogen-bond acceptors (Lipinski definition) is 13. The summed E-state index contributed by atoms with van der Waals surface area (Å²) in [6.07, 6.45) is -9.04. The lowest BCUT2D eigenvalue weighted by Crippen LogP contribution is -2.59. The van der Waals surface area contributed by atoms with Crippen LogP contribution in [0.15, 0.2) is 23.7 Å². The second-order valence-corrected chi connectivity index (χ2v) is 7.43. The van der Waals surface area contributed by atoms with Crippen LogP contribution in [0.3, 0.4) is 0 Å². The zero-order valence-corrected chi connectivity index (χ0v) is 17.4. The van der Waals surface area contributed by atoms with Crippen molar-refractivity contribution in [2.24, 2.45) is 0 Å². The minimum absolute atomic E-state index is 0.0961. The maximum absolute atomic E-state index is 12.5. The number of rotatable bonds is 11. The molecule has 13 nitrogen and oxygen atoms in total. The molecule has 8 atom stereocenters. The molecule has 0 amide bonds. The summed E-state index contributed by atoms with van der Waals surface area (Å²) < 4.78 is 20.7. The van der Waals surface area contributed by atoms with E-state index in [9.17, 15) is 45.6 Å². The third-order valence-corrected chi connectivity index (χ3v) is 5.17. The molecule has 0 aromatic carbocycles. The first-order valence-corrected chi connectivity index (χ1v) is 9.93. The van der Waals surface area contributed by atoms with Crippen LogP contribution in [0.4, 0.5) is 0 Å². The lowest BCUT2D eigenvalue weighted by atomic mass is 9.88. The van der Waals surface area contributed by atoms with Gasteiger partial charge in [-0.2, -0.15) is 0 Å². The van der Waals surface area contributed by atoms with Crippen LogP contribution in [-0.4, -0.2) is 122 Å². The second kappa shape index (κ2) is 11.4. The maximum Gasteiger partial charge on any atom is 0.378 e. The zero-order chi connectivity index (χ0) is 24.1. The van der Waals surface area contributed by atoms with Crippen molar-refractivity contribution >= 4 is 5.97 Å². The molecular weight excluding hydrogens is 436 g/mol. The topological polar surface area (TPSA) is 216 Å². The van der Waals surface area contributed by atoms with Gasteiger partial charge in [-0.3, -0.25) is 0 Å². The molecule has 2 heterocycles. The summed E-state index contributed by atoms with van der Waals surface area (Å²) in [5, 5.41) is 79.5. The van der Waals surface area contributed by atoms with E-state index in [-0.39, 0.29) is 6.61 Å². The van der Waals surface area contributed by atoms with Crippen molar-refractivity contribution in [1.29, 1.82) is 0 Å². The van der Waals surface area contributed by atoms with Gasteiger partial charge in [-0.15, -0.1) is 0 Å². The molecular formula is C19H30O13. The molecule has 2 aliphatic heterocycles. The van der Waals surface area contributed by atoms with Gasteiger partial charge < -0.3 is 59.8 Å². The number of hydrogen-bond donors (Lipinski definition) is 8. The highest BCUT2D eigenvalue weighted by Gasteiger charge is 2.57. The maximum atomic E-state index is 12.5. The van der Waals surface area contributed by atoms with Crippen LogP contribution >= 0.6 is 0 Å². The summed E-state index contributed by atoms with van der Waals surface area (Å²) in [6.45, 7) is -0.127. The molecule has 32 heavy (non-hydrogen) atoms. The number of ether oxygens (including phenoxy) is 4. The van der Waals surface area contributed by atoms with Crippen LogP contribution in [0.5, 0.6) is 0 Å². The monoisotopic (exact) mass is 466 g/mol. The molecule has 2 unspecified atom stereocenters. The van der Waals surface area contributed by atoms with E-state index in [2.05, 4.69) is 0 Å². The zero-order valence-electron chi connectivity index (χ0n) is 17.4. The summed E-state index contributed by atoms with van der Waals surface area (Å²) in [5.41, 5.74) is -2.25. The van der Waals surface area contributed by atoms with E-state index in [1.807, 2.05) is 0 Å². The predicted octanol–water partition coefficient (Wildman–Crippen LogP) is -3.43. The van der Waals surface area contributed by atoms with Gasteiger partial charge in [0.05, 0.1) is 32.5 Å². The van der Waals surface area contributed by atoms with Gasteiger partial charge in [-0.05, 0) is 6.92 Å². The van der Waals surface area contributed by atoms with E-state index in [0.717, 1.165) is 0 Å². The molecule has 184 valence electrons. The Balaban J connectivity index is 2.31. The molecule has 13 heteroatoms. The van der Waals surface area contributed by atoms with E-state index in [1.54, 1.807) is 19.1 Å². The number of aliphatic hydroxyl groups is 8. The highest BCUT2D eigenvalue weighted by Crippen LogP contribution is 2.40. The predicted molar refractivity (Wildman–Crippen MR) is 103 cm³/mol. The van der Waals surface area contributed by atoms with Crippen LogP contribution in [0, 0.1) is 0 Å². The molecule has 0 spiro atoms. The third kappa shape index (κ3) is 5.39. The lowest BCUT2D eigenvalue weighted by molar-refractivity contribution is -0.291. The van der Waals surface area contributed by atoms with E-state index >= 15 is 0 Å². The van der Waals surface area contributed by atoms with E-state index in [1.165, 1.54) is 0 Å². The SMILES string of the molecule is CC=CCOC[C@H](O)[C@@]1(CC(O)CO)OC(=O)C(OC2O[C@H](CO)[C@@H](O)[C@H](O)[C@H]2O)=C1O. The standard InChI is InChI=1S/C19H30O13/c1-2-3-4-29-8-11(23)19(5-9(22)6-20)16(27)15(17(28)32-19)31-18-14(26)13(25)12(24)10(7-21)30-18/h2-3,9-14,18,20-27H,4-8H2,1H3/t9?,10-,11+,12-,13+,14-,18?,19-/m1/s1. The average Bonchev–Trinajstić information content (AvgIpc) is 3.01. The van der Waals surface area contributed by atoms with Crippen molar-refractivity contribution in [3.63, 3.8) is 0 Å². The Kier molecular flexibility index (Phi) is 9.39.